The lowest BCUT2D eigenvalue weighted by atomic mass is 9.93. The summed E-state index contributed by atoms with van der Waals surface area (Å²) in [5.74, 6) is 0.909. The van der Waals surface area contributed by atoms with Gasteiger partial charge in [0.05, 0.1) is 0 Å². The van der Waals surface area contributed by atoms with Gasteiger partial charge in [0, 0.05) is 6.04 Å². The van der Waals surface area contributed by atoms with Gasteiger partial charge in [-0.05, 0) is 45.3 Å². The first-order valence-electron chi connectivity index (χ1n) is 4.77. The van der Waals surface area contributed by atoms with Crippen LogP contribution in [0.25, 0.3) is 0 Å². The zero-order chi connectivity index (χ0) is 8.10. The van der Waals surface area contributed by atoms with Crippen molar-refractivity contribution in [2.24, 2.45) is 5.92 Å². The molecule has 0 amide bonds. The van der Waals surface area contributed by atoms with E-state index in [-0.39, 0.29) is 0 Å². The van der Waals surface area contributed by atoms with Crippen LogP contribution >= 0.6 is 0 Å². The van der Waals surface area contributed by atoms with E-state index in [0.717, 1.165) is 18.5 Å². The van der Waals surface area contributed by atoms with E-state index in [2.05, 4.69) is 24.5 Å². The average Bonchev–Trinajstić information content (AvgIpc) is 2.01. The van der Waals surface area contributed by atoms with E-state index >= 15 is 0 Å². The molecule has 0 aromatic rings. The van der Waals surface area contributed by atoms with E-state index in [1.165, 1.54) is 25.9 Å². The van der Waals surface area contributed by atoms with Crippen LogP contribution in [-0.4, -0.2) is 25.7 Å². The van der Waals surface area contributed by atoms with Gasteiger partial charge in [-0.2, -0.15) is 0 Å². The third-order valence-corrected chi connectivity index (χ3v) is 2.42. The minimum Gasteiger partial charge on any atom is -0.317 e. The lowest BCUT2D eigenvalue weighted by Crippen LogP contribution is -2.39. The van der Waals surface area contributed by atoms with Gasteiger partial charge in [0.1, 0.15) is 0 Å². The average molecular weight is 156 g/mol. The van der Waals surface area contributed by atoms with Crippen LogP contribution < -0.4 is 10.6 Å². The molecule has 2 atom stereocenters. The topological polar surface area (TPSA) is 24.1 Å². The highest BCUT2D eigenvalue weighted by atomic mass is 14.9. The molecule has 2 unspecified atom stereocenters. The van der Waals surface area contributed by atoms with Crippen molar-refractivity contribution in [2.45, 2.75) is 32.7 Å². The first-order valence-corrected chi connectivity index (χ1v) is 4.77. The van der Waals surface area contributed by atoms with Gasteiger partial charge < -0.3 is 10.6 Å². The van der Waals surface area contributed by atoms with Crippen LogP contribution in [-0.2, 0) is 0 Å². The van der Waals surface area contributed by atoms with Crippen molar-refractivity contribution in [3.63, 3.8) is 0 Å². The fourth-order valence-corrected chi connectivity index (χ4v) is 1.77. The Morgan fingerprint density at radius 3 is 3.00 bits per heavy atom. The Kier molecular flexibility index (Phi) is 3.87. The molecule has 0 saturated carbocycles. The summed E-state index contributed by atoms with van der Waals surface area (Å²) in [7, 11) is 0. The van der Waals surface area contributed by atoms with Crippen LogP contribution in [0.5, 0.6) is 0 Å². The van der Waals surface area contributed by atoms with Gasteiger partial charge in [0.15, 0.2) is 0 Å². The Balaban J connectivity index is 2.12. The van der Waals surface area contributed by atoms with E-state index in [9.17, 15) is 0 Å². The van der Waals surface area contributed by atoms with E-state index in [4.69, 9.17) is 0 Å². The van der Waals surface area contributed by atoms with Gasteiger partial charge in [-0.25, -0.2) is 0 Å². The van der Waals surface area contributed by atoms with Crippen molar-refractivity contribution in [3.8, 4) is 0 Å². The molecule has 1 saturated heterocycles. The third-order valence-electron chi connectivity index (χ3n) is 2.42. The molecule has 0 aromatic heterocycles. The minimum atomic E-state index is 0.729. The summed E-state index contributed by atoms with van der Waals surface area (Å²) < 4.78 is 0. The maximum Gasteiger partial charge on any atom is 0.00418 e. The number of piperidine rings is 1. The van der Waals surface area contributed by atoms with Crippen LogP contribution in [0.15, 0.2) is 0 Å². The molecule has 1 heterocycles. The number of nitrogens with one attached hydrogen (secondary N) is 2. The van der Waals surface area contributed by atoms with Crippen LogP contribution in [0, 0.1) is 5.92 Å². The molecule has 1 fully saturated rings. The van der Waals surface area contributed by atoms with Gasteiger partial charge in [0.2, 0.25) is 0 Å². The second-order valence-corrected chi connectivity index (χ2v) is 3.55. The fourth-order valence-electron chi connectivity index (χ4n) is 1.77. The predicted molar refractivity (Wildman–Crippen MR) is 48.7 cm³/mol. The van der Waals surface area contributed by atoms with Crippen LogP contribution in [0.3, 0.4) is 0 Å². The number of rotatable bonds is 3. The Bertz CT molecular complexity index is 104. The first-order chi connectivity index (χ1) is 5.33. The van der Waals surface area contributed by atoms with Crippen molar-refractivity contribution in [3.05, 3.63) is 0 Å². The zero-order valence-electron chi connectivity index (χ0n) is 7.69. The first kappa shape index (κ1) is 9.01. The Morgan fingerprint density at radius 1 is 1.55 bits per heavy atom. The van der Waals surface area contributed by atoms with Crippen molar-refractivity contribution in [1.29, 1.82) is 0 Å². The normalized spacial score (nSPS) is 32.2. The van der Waals surface area contributed by atoms with E-state index in [1.807, 2.05) is 0 Å². The molecule has 0 bridgehead atoms. The van der Waals surface area contributed by atoms with Crippen LogP contribution in [0.1, 0.15) is 26.7 Å². The van der Waals surface area contributed by atoms with Crippen LogP contribution in [0.2, 0.25) is 0 Å². The maximum absolute atomic E-state index is 3.46. The summed E-state index contributed by atoms with van der Waals surface area (Å²) in [6.45, 7) is 7.97. The van der Waals surface area contributed by atoms with Gasteiger partial charge in [0.25, 0.3) is 0 Å². The Hall–Kier alpha value is -0.0800. The highest BCUT2D eigenvalue weighted by molar-refractivity contribution is 4.75. The predicted octanol–water partition coefficient (Wildman–Crippen LogP) is 0.984. The molecule has 66 valence electrons. The second kappa shape index (κ2) is 4.73. The Labute approximate surface area is 69.8 Å². The molecular weight excluding hydrogens is 136 g/mol. The molecule has 1 aliphatic rings. The van der Waals surface area contributed by atoms with E-state index in [0.29, 0.717) is 0 Å². The maximum atomic E-state index is 3.46. The van der Waals surface area contributed by atoms with Crippen molar-refractivity contribution in [1.82, 2.24) is 10.6 Å². The number of hydrogen-bond acceptors (Lipinski definition) is 2. The smallest absolute Gasteiger partial charge is 0.00418 e. The molecule has 0 spiro atoms. The summed E-state index contributed by atoms with van der Waals surface area (Å²) in [4.78, 5) is 0. The largest absolute Gasteiger partial charge is 0.317 e. The van der Waals surface area contributed by atoms with Gasteiger partial charge in [-0.1, -0.05) is 6.92 Å². The molecule has 0 radical (unpaired) electrons. The van der Waals surface area contributed by atoms with E-state index in [1.54, 1.807) is 0 Å². The highest BCUT2D eigenvalue weighted by Gasteiger charge is 2.16. The van der Waals surface area contributed by atoms with Crippen molar-refractivity contribution in [2.75, 3.05) is 19.6 Å². The molecule has 2 N–H and O–H groups in total. The van der Waals surface area contributed by atoms with Crippen LogP contribution in [0.4, 0.5) is 0 Å². The standard InChI is InChI=1S/C9H20N2/c1-3-10-7-9-4-5-11-8(2)6-9/h8-11H,3-7H2,1-2H3. The highest BCUT2D eigenvalue weighted by Crippen LogP contribution is 2.14. The summed E-state index contributed by atoms with van der Waals surface area (Å²) in [5, 5.41) is 6.87. The molecule has 0 aromatic carbocycles. The minimum absolute atomic E-state index is 0.729. The number of hydrogen-bond donors (Lipinski definition) is 2. The van der Waals surface area contributed by atoms with Crippen molar-refractivity contribution >= 4 is 0 Å². The molecule has 0 aliphatic carbocycles. The monoisotopic (exact) mass is 156 g/mol. The SMILES string of the molecule is CCNCC1CCNC(C)C1. The lowest BCUT2D eigenvalue weighted by molar-refractivity contribution is 0.306. The quantitative estimate of drug-likeness (QED) is 0.636. The molecule has 2 heteroatoms. The summed E-state index contributed by atoms with van der Waals surface area (Å²) in [5.41, 5.74) is 0. The molecule has 2 nitrogen and oxygen atoms in total. The summed E-state index contributed by atoms with van der Waals surface area (Å²) in [6.07, 6.45) is 2.68. The lowest BCUT2D eigenvalue weighted by Gasteiger charge is -2.27. The third kappa shape index (κ3) is 3.21. The molecule has 11 heavy (non-hydrogen) atoms. The Morgan fingerprint density at radius 2 is 2.36 bits per heavy atom. The summed E-state index contributed by atoms with van der Waals surface area (Å²) >= 11 is 0. The van der Waals surface area contributed by atoms with Crippen molar-refractivity contribution < 1.29 is 0 Å². The molecule has 1 aliphatic heterocycles. The van der Waals surface area contributed by atoms with Gasteiger partial charge in [-0.15, -0.1) is 0 Å². The van der Waals surface area contributed by atoms with E-state index < -0.39 is 0 Å². The zero-order valence-corrected chi connectivity index (χ0v) is 7.69. The fraction of sp³-hybridized carbons (Fsp3) is 1.00. The molecule has 1 rings (SSSR count). The van der Waals surface area contributed by atoms with Gasteiger partial charge in [-0.3, -0.25) is 0 Å². The summed E-state index contributed by atoms with van der Waals surface area (Å²) in [6, 6.07) is 0.729. The van der Waals surface area contributed by atoms with Gasteiger partial charge >= 0.3 is 0 Å². The molecular formula is C9H20N2. The second-order valence-electron chi connectivity index (χ2n) is 3.55.